The number of aryl methyl sites for hydroxylation is 2. The first-order valence-electron chi connectivity index (χ1n) is 8.74. The number of aromatic nitrogens is 2. The minimum atomic E-state index is -3.87. The Bertz CT molecular complexity index is 1130. The van der Waals surface area contributed by atoms with E-state index in [4.69, 9.17) is 0 Å². The molecular formula is C19H25N3O5S. The second-order valence-electron chi connectivity index (χ2n) is 7.04. The Labute approximate surface area is 163 Å². The zero-order chi connectivity index (χ0) is 21.2. The van der Waals surface area contributed by atoms with Crippen molar-refractivity contribution in [2.24, 2.45) is 14.1 Å². The van der Waals surface area contributed by atoms with Gasteiger partial charge in [0.25, 0.3) is 5.56 Å². The summed E-state index contributed by atoms with van der Waals surface area (Å²) in [4.78, 5) is 35.9. The van der Waals surface area contributed by atoms with E-state index in [0.717, 1.165) is 31.9 Å². The number of carbonyl (C=O) groups excluding carboxylic acids is 1. The van der Waals surface area contributed by atoms with E-state index in [1.165, 1.54) is 14.1 Å². The summed E-state index contributed by atoms with van der Waals surface area (Å²) in [5, 5.41) is 2.68. The van der Waals surface area contributed by atoms with E-state index in [-0.39, 0.29) is 11.7 Å². The molecule has 0 bridgehead atoms. The number of sulfone groups is 1. The molecule has 1 amide bonds. The Morgan fingerprint density at radius 2 is 1.71 bits per heavy atom. The lowest BCUT2D eigenvalue weighted by Crippen LogP contribution is -2.39. The normalized spacial score (nSPS) is 12.6. The Balaban J connectivity index is 2.11. The van der Waals surface area contributed by atoms with Crippen LogP contribution in [0.3, 0.4) is 0 Å². The lowest BCUT2D eigenvalue weighted by Gasteiger charge is -2.16. The molecule has 0 fully saturated rings. The van der Waals surface area contributed by atoms with Crippen molar-refractivity contribution < 1.29 is 13.2 Å². The van der Waals surface area contributed by atoms with Crippen molar-refractivity contribution in [2.45, 2.75) is 32.6 Å². The van der Waals surface area contributed by atoms with E-state index in [1.807, 2.05) is 32.0 Å². The maximum Gasteiger partial charge on any atom is 0.330 e. The van der Waals surface area contributed by atoms with Crippen molar-refractivity contribution in [3.63, 3.8) is 0 Å². The molecule has 1 atom stereocenters. The van der Waals surface area contributed by atoms with Gasteiger partial charge in [0.1, 0.15) is 5.75 Å². The van der Waals surface area contributed by atoms with Crippen molar-refractivity contribution in [3.05, 3.63) is 67.5 Å². The van der Waals surface area contributed by atoms with Gasteiger partial charge in [0.2, 0.25) is 5.91 Å². The minimum Gasteiger partial charge on any atom is -0.349 e. The van der Waals surface area contributed by atoms with Crippen LogP contribution in [-0.2, 0) is 34.5 Å². The highest BCUT2D eigenvalue weighted by molar-refractivity contribution is 7.91. The van der Waals surface area contributed by atoms with Gasteiger partial charge >= 0.3 is 5.69 Å². The molecule has 2 rings (SSSR count). The molecule has 0 spiro atoms. The van der Waals surface area contributed by atoms with Gasteiger partial charge in [-0.25, -0.2) is 13.2 Å². The molecular weight excluding hydrogens is 382 g/mol. The highest BCUT2D eigenvalue weighted by Gasteiger charge is 2.21. The van der Waals surface area contributed by atoms with E-state index in [2.05, 4.69) is 5.32 Å². The van der Waals surface area contributed by atoms with Gasteiger partial charge in [-0.05, 0) is 37.5 Å². The van der Waals surface area contributed by atoms with Crippen LogP contribution < -0.4 is 16.6 Å². The Morgan fingerprint density at radius 3 is 2.32 bits per heavy atom. The zero-order valence-electron chi connectivity index (χ0n) is 16.6. The van der Waals surface area contributed by atoms with Crippen molar-refractivity contribution in [1.82, 2.24) is 14.5 Å². The van der Waals surface area contributed by atoms with Crippen molar-refractivity contribution in [2.75, 3.05) is 5.75 Å². The summed E-state index contributed by atoms with van der Waals surface area (Å²) in [6.07, 6.45) is 0. The SMILES string of the molecule is Cc1ccc([C@@H](C)NC(=O)CS(=O)(=O)Cc2cc(=O)n(C)c(=O)n2C)cc1C. The van der Waals surface area contributed by atoms with Gasteiger partial charge in [0, 0.05) is 25.9 Å². The van der Waals surface area contributed by atoms with Crippen molar-refractivity contribution in [1.29, 1.82) is 0 Å². The number of benzene rings is 1. The molecule has 1 N–H and O–H groups in total. The maximum atomic E-state index is 12.4. The summed E-state index contributed by atoms with van der Waals surface area (Å²) >= 11 is 0. The highest BCUT2D eigenvalue weighted by atomic mass is 32.2. The van der Waals surface area contributed by atoms with Gasteiger partial charge in [0.05, 0.1) is 11.8 Å². The molecule has 0 aliphatic carbocycles. The summed E-state index contributed by atoms with van der Waals surface area (Å²) in [6, 6.07) is 6.52. The van der Waals surface area contributed by atoms with Gasteiger partial charge in [-0.15, -0.1) is 0 Å². The molecule has 0 unspecified atom stereocenters. The molecule has 2 aromatic rings. The number of rotatable bonds is 6. The Hall–Kier alpha value is -2.68. The van der Waals surface area contributed by atoms with Crippen molar-refractivity contribution >= 4 is 15.7 Å². The van der Waals surface area contributed by atoms with Gasteiger partial charge in [-0.2, -0.15) is 0 Å². The smallest absolute Gasteiger partial charge is 0.330 e. The quantitative estimate of drug-likeness (QED) is 0.750. The third-order valence-electron chi connectivity index (χ3n) is 4.75. The van der Waals surface area contributed by atoms with Gasteiger partial charge in [-0.1, -0.05) is 18.2 Å². The molecule has 8 nitrogen and oxygen atoms in total. The Kier molecular flexibility index (Phi) is 6.28. The van der Waals surface area contributed by atoms with E-state index < -0.39 is 38.5 Å². The van der Waals surface area contributed by atoms with Crippen LogP contribution >= 0.6 is 0 Å². The minimum absolute atomic E-state index is 0.0445. The molecule has 1 aromatic heterocycles. The first-order valence-corrected chi connectivity index (χ1v) is 10.6. The number of amides is 1. The standard InChI is InChI=1S/C19H25N3O5S/c1-12-6-7-15(8-13(12)2)14(3)20-17(23)11-28(26,27)10-16-9-18(24)22(5)19(25)21(16)4/h6-9,14H,10-11H2,1-5H3,(H,20,23)/t14-/m1/s1. The van der Waals surface area contributed by atoms with Crippen LogP contribution in [0.25, 0.3) is 0 Å². The summed E-state index contributed by atoms with van der Waals surface area (Å²) in [5.41, 5.74) is 1.92. The van der Waals surface area contributed by atoms with Crippen LogP contribution in [-0.4, -0.2) is 29.2 Å². The van der Waals surface area contributed by atoms with E-state index >= 15 is 0 Å². The molecule has 152 valence electrons. The third kappa shape index (κ3) is 4.98. The molecule has 0 saturated heterocycles. The fourth-order valence-corrected chi connectivity index (χ4v) is 4.11. The maximum absolute atomic E-state index is 12.4. The monoisotopic (exact) mass is 407 g/mol. The first-order chi connectivity index (χ1) is 12.9. The lowest BCUT2D eigenvalue weighted by atomic mass is 10.0. The van der Waals surface area contributed by atoms with Crippen LogP contribution in [0.5, 0.6) is 0 Å². The zero-order valence-corrected chi connectivity index (χ0v) is 17.5. The summed E-state index contributed by atoms with van der Waals surface area (Å²) in [7, 11) is -1.17. The molecule has 0 aliphatic rings. The topological polar surface area (TPSA) is 107 Å². The highest BCUT2D eigenvalue weighted by Crippen LogP contribution is 2.16. The molecule has 1 aromatic carbocycles. The molecule has 28 heavy (non-hydrogen) atoms. The third-order valence-corrected chi connectivity index (χ3v) is 6.19. The van der Waals surface area contributed by atoms with E-state index in [9.17, 15) is 22.8 Å². The van der Waals surface area contributed by atoms with Gasteiger partial charge in [0.15, 0.2) is 9.84 Å². The second kappa shape index (κ2) is 8.14. The first kappa shape index (κ1) is 21.6. The molecule has 0 aliphatic heterocycles. The molecule has 0 saturated carbocycles. The summed E-state index contributed by atoms with van der Waals surface area (Å²) in [6.45, 7) is 5.73. The average molecular weight is 407 g/mol. The van der Waals surface area contributed by atoms with Crippen LogP contribution in [0.15, 0.2) is 33.9 Å². The van der Waals surface area contributed by atoms with E-state index in [0.29, 0.717) is 0 Å². The average Bonchev–Trinajstić information content (AvgIpc) is 2.59. The lowest BCUT2D eigenvalue weighted by molar-refractivity contribution is -0.119. The van der Waals surface area contributed by atoms with Gasteiger partial charge < -0.3 is 5.32 Å². The number of carbonyl (C=O) groups is 1. The van der Waals surface area contributed by atoms with Gasteiger partial charge in [-0.3, -0.25) is 18.7 Å². The summed E-state index contributed by atoms with van der Waals surface area (Å²) < 4.78 is 26.8. The van der Waals surface area contributed by atoms with Crippen LogP contribution in [0.4, 0.5) is 0 Å². The number of hydrogen-bond acceptors (Lipinski definition) is 5. The van der Waals surface area contributed by atoms with Crippen LogP contribution in [0.2, 0.25) is 0 Å². The van der Waals surface area contributed by atoms with Crippen LogP contribution in [0, 0.1) is 13.8 Å². The molecule has 0 radical (unpaired) electrons. The Morgan fingerprint density at radius 1 is 1.07 bits per heavy atom. The fourth-order valence-electron chi connectivity index (χ4n) is 2.79. The number of nitrogens with zero attached hydrogens (tertiary/aromatic N) is 2. The summed E-state index contributed by atoms with van der Waals surface area (Å²) in [5.74, 6) is -1.94. The largest absolute Gasteiger partial charge is 0.349 e. The van der Waals surface area contributed by atoms with Crippen LogP contribution in [0.1, 0.15) is 35.3 Å². The van der Waals surface area contributed by atoms with Crippen molar-refractivity contribution in [3.8, 4) is 0 Å². The molecule has 9 heteroatoms. The fraction of sp³-hybridized carbons (Fsp3) is 0.421. The predicted octanol–water partition coefficient (Wildman–Crippen LogP) is 0.493. The number of hydrogen-bond donors (Lipinski definition) is 1. The number of nitrogens with one attached hydrogen (secondary N) is 1. The second-order valence-corrected chi connectivity index (χ2v) is 9.10. The van der Waals surface area contributed by atoms with E-state index in [1.54, 1.807) is 6.92 Å². The predicted molar refractivity (Wildman–Crippen MR) is 107 cm³/mol. The molecule has 1 heterocycles.